The monoisotopic (exact) mass is 326 g/mol. The average Bonchev–Trinajstić information content (AvgIpc) is 3.34. The van der Waals surface area contributed by atoms with Crippen LogP contribution in [-0.4, -0.2) is 46.3 Å². The largest absolute Gasteiger partial charge is 0.350 e. The predicted molar refractivity (Wildman–Crippen MR) is 92.0 cm³/mol. The summed E-state index contributed by atoms with van der Waals surface area (Å²) in [5, 5.41) is 8.34. The molecule has 1 saturated heterocycles. The quantitative estimate of drug-likeness (QED) is 0.915. The lowest BCUT2D eigenvalue weighted by Gasteiger charge is -2.15. The fourth-order valence-corrected chi connectivity index (χ4v) is 3.59. The Labute approximate surface area is 140 Å². The van der Waals surface area contributed by atoms with Gasteiger partial charge in [-0.3, -0.25) is 9.59 Å². The fourth-order valence-electron chi connectivity index (χ4n) is 3.59. The Morgan fingerprint density at radius 3 is 2.75 bits per heavy atom. The molecule has 1 aliphatic heterocycles. The Morgan fingerprint density at radius 1 is 1.25 bits per heavy atom. The van der Waals surface area contributed by atoms with Gasteiger partial charge in [-0.2, -0.15) is 5.10 Å². The first-order valence-electron chi connectivity index (χ1n) is 8.62. The van der Waals surface area contributed by atoms with E-state index in [1.807, 2.05) is 6.07 Å². The molecule has 6 heteroatoms. The Kier molecular flexibility index (Phi) is 3.84. The van der Waals surface area contributed by atoms with Gasteiger partial charge in [-0.15, -0.1) is 0 Å². The molecule has 2 aliphatic rings. The highest BCUT2D eigenvalue weighted by molar-refractivity contribution is 6.04. The number of aryl methyl sites for hydroxylation is 1. The van der Waals surface area contributed by atoms with Gasteiger partial charge in [0.15, 0.2) is 5.69 Å². The Bertz CT molecular complexity index is 841. The predicted octanol–water partition coefficient (Wildman–Crippen LogP) is 1.15. The number of hydrogen-bond acceptors (Lipinski definition) is 4. The molecule has 0 bridgehead atoms. The molecule has 126 valence electrons. The summed E-state index contributed by atoms with van der Waals surface area (Å²) in [6, 6.07) is 7.94. The van der Waals surface area contributed by atoms with Crippen molar-refractivity contribution in [2.45, 2.75) is 25.3 Å². The first-order chi connectivity index (χ1) is 11.6. The number of benzene rings is 1. The van der Waals surface area contributed by atoms with Crippen molar-refractivity contribution in [3.63, 3.8) is 0 Å². The molecule has 1 aliphatic carbocycles. The van der Waals surface area contributed by atoms with Crippen molar-refractivity contribution in [3.8, 4) is 0 Å². The molecule has 1 amide bonds. The maximum absolute atomic E-state index is 12.6. The molecule has 1 atom stereocenters. The fraction of sp³-hybridized carbons (Fsp3) is 0.500. The minimum absolute atomic E-state index is 0.182. The average molecular weight is 326 g/mol. The van der Waals surface area contributed by atoms with Crippen LogP contribution in [0.15, 0.2) is 29.1 Å². The summed E-state index contributed by atoms with van der Waals surface area (Å²) < 4.78 is 1.24. The van der Waals surface area contributed by atoms with Crippen LogP contribution in [0.1, 0.15) is 29.8 Å². The van der Waals surface area contributed by atoms with Gasteiger partial charge in [0.2, 0.25) is 0 Å². The molecule has 2 aromatic rings. The standard InChI is InChI=1S/C18H22N4O2/c1-21-18(24)15-5-3-2-4-14(15)16(20-21)17(23)19-10-12-8-9-22(11-12)13-6-7-13/h2-5,12-13H,6-11H2,1H3,(H,19,23)/t12-/m1/s1. The number of likely N-dealkylation sites (tertiary alicyclic amines) is 1. The summed E-state index contributed by atoms with van der Waals surface area (Å²) in [6.07, 6.45) is 3.79. The number of amides is 1. The third kappa shape index (κ3) is 2.82. The van der Waals surface area contributed by atoms with Crippen molar-refractivity contribution < 1.29 is 4.79 Å². The van der Waals surface area contributed by atoms with Gasteiger partial charge in [0, 0.05) is 31.6 Å². The highest BCUT2D eigenvalue weighted by atomic mass is 16.2. The molecule has 0 unspecified atom stereocenters. The van der Waals surface area contributed by atoms with Gasteiger partial charge < -0.3 is 10.2 Å². The van der Waals surface area contributed by atoms with Crippen molar-refractivity contribution in [1.82, 2.24) is 20.0 Å². The first-order valence-corrected chi connectivity index (χ1v) is 8.62. The normalized spacial score (nSPS) is 21.3. The van der Waals surface area contributed by atoms with E-state index in [-0.39, 0.29) is 11.5 Å². The molecule has 2 fully saturated rings. The molecule has 4 rings (SSSR count). The summed E-state index contributed by atoms with van der Waals surface area (Å²) in [4.78, 5) is 27.3. The van der Waals surface area contributed by atoms with E-state index in [0.29, 0.717) is 28.9 Å². The van der Waals surface area contributed by atoms with E-state index in [1.165, 1.54) is 17.5 Å². The van der Waals surface area contributed by atoms with Gasteiger partial charge in [-0.05, 0) is 37.8 Å². The lowest BCUT2D eigenvalue weighted by molar-refractivity contribution is 0.0942. The first kappa shape index (κ1) is 15.3. The van der Waals surface area contributed by atoms with Crippen LogP contribution in [0.25, 0.3) is 10.8 Å². The van der Waals surface area contributed by atoms with Crippen LogP contribution in [0.3, 0.4) is 0 Å². The van der Waals surface area contributed by atoms with Crippen molar-refractivity contribution in [3.05, 3.63) is 40.3 Å². The van der Waals surface area contributed by atoms with Crippen LogP contribution in [0.4, 0.5) is 0 Å². The van der Waals surface area contributed by atoms with E-state index >= 15 is 0 Å². The molecular formula is C18H22N4O2. The molecule has 1 N–H and O–H groups in total. The molecule has 1 aromatic heterocycles. The molecule has 2 heterocycles. The third-order valence-corrected chi connectivity index (χ3v) is 5.10. The second-order valence-corrected chi connectivity index (χ2v) is 6.91. The zero-order valence-electron chi connectivity index (χ0n) is 13.9. The van der Waals surface area contributed by atoms with Gasteiger partial charge in [-0.25, -0.2) is 4.68 Å². The number of rotatable bonds is 4. The number of carbonyl (C=O) groups is 1. The van der Waals surface area contributed by atoms with Gasteiger partial charge >= 0.3 is 0 Å². The minimum Gasteiger partial charge on any atom is -0.350 e. The van der Waals surface area contributed by atoms with E-state index in [2.05, 4.69) is 15.3 Å². The van der Waals surface area contributed by atoms with Gasteiger partial charge in [0.1, 0.15) is 0 Å². The van der Waals surface area contributed by atoms with Crippen LogP contribution < -0.4 is 10.9 Å². The minimum atomic E-state index is -0.202. The Morgan fingerprint density at radius 2 is 2.00 bits per heavy atom. The molecule has 0 spiro atoms. The number of hydrogen-bond donors (Lipinski definition) is 1. The summed E-state index contributed by atoms with van der Waals surface area (Å²) in [7, 11) is 1.58. The number of carbonyl (C=O) groups excluding carboxylic acids is 1. The third-order valence-electron chi connectivity index (χ3n) is 5.10. The maximum atomic E-state index is 12.6. The SMILES string of the molecule is Cn1nc(C(=O)NC[C@H]2CCN(C3CC3)C2)c2ccccc2c1=O. The second-order valence-electron chi connectivity index (χ2n) is 6.91. The van der Waals surface area contributed by atoms with Gasteiger partial charge in [-0.1, -0.05) is 18.2 Å². The second kappa shape index (κ2) is 6.02. The Hall–Kier alpha value is -2.21. The summed E-state index contributed by atoms with van der Waals surface area (Å²) in [5.74, 6) is 0.306. The highest BCUT2D eigenvalue weighted by Gasteiger charge is 2.34. The van der Waals surface area contributed by atoms with E-state index in [9.17, 15) is 9.59 Å². The summed E-state index contributed by atoms with van der Waals surface area (Å²) in [5.41, 5.74) is 0.141. The van der Waals surface area contributed by atoms with Crippen molar-refractivity contribution in [2.24, 2.45) is 13.0 Å². The number of aromatic nitrogens is 2. The van der Waals surface area contributed by atoms with E-state index < -0.39 is 0 Å². The van der Waals surface area contributed by atoms with Crippen LogP contribution in [0.2, 0.25) is 0 Å². The lowest BCUT2D eigenvalue weighted by Crippen LogP contribution is -2.33. The van der Waals surface area contributed by atoms with Crippen LogP contribution in [0.5, 0.6) is 0 Å². The van der Waals surface area contributed by atoms with E-state index in [1.54, 1.807) is 25.2 Å². The van der Waals surface area contributed by atoms with Crippen molar-refractivity contribution in [1.29, 1.82) is 0 Å². The van der Waals surface area contributed by atoms with Crippen LogP contribution in [-0.2, 0) is 7.05 Å². The van der Waals surface area contributed by atoms with Crippen LogP contribution in [0, 0.1) is 5.92 Å². The lowest BCUT2D eigenvalue weighted by atomic mass is 10.1. The topological polar surface area (TPSA) is 67.2 Å². The van der Waals surface area contributed by atoms with E-state index in [4.69, 9.17) is 0 Å². The van der Waals surface area contributed by atoms with Crippen molar-refractivity contribution in [2.75, 3.05) is 19.6 Å². The summed E-state index contributed by atoms with van der Waals surface area (Å²) in [6.45, 7) is 2.89. The van der Waals surface area contributed by atoms with Crippen LogP contribution >= 0.6 is 0 Å². The van der Waals surface area contributed by atoms with E-state index in [0.717, 1.165) is 25.6 Å². The number of nitrogens with zero attached hydrogens (tertiary/aromatic N) is 3. The maximum Gasteiger partial charge on any atom is 0.274 e. The zero-order chi connectivity index (χ0) is 16.7. The van der Waals surface area contributed by atoms with Crippen molar-refractivity contribution >= 4 is 16.7 Å². The summed E-state index contributed by atoms with van der Waals surface area (Å²) >= 11 is 0. The smallest absolute Gasteiger partial charge is 0.274 e. The molecule has 1 aromatic carbocycles. The number of nitrogens with one attached hydrogen (secondary N) is 1. The zero-order valence-corrected chi connectivity index (χ0v) is 13.9. The Balaban J connectivity index is 1.49. The molecule has 1 saturated carbocycles. The molecule has 24 heavy (non-hydrogen) atoms. The van der Waals surface area contributed by atoms with Gasteiger partial charge in [0.05, 0.1) is 5.39 Å². The molecule has 6 nitrogen and oxygen atoms in total. The van der Waals surface area contributed by atoms with Gasteiger partial charge in [0.25, 0.3) is 11.5 Å². The molecular weight excluding hydrogens is 304 g/mol. The number of fused-ring (bicyclic) bond motifs is 1. The highest BCUT2D eigenvalue weighted by Crippen LogP contribution is 2.31. The molecule has 0 radical (unpaired) electrons.